The molecule has 1 aromatic carbocycles. The molecule has 4 nitrogen and oxygen atoms in total. The van der Waals surface area contributed by atoms with Crippen LogP contribution in [0.4, 0.5) is 10.1 Å². The Kier molecular flexibility index (Phi) is 4.16. The van der Waals surface area contributed by atoms with Crippen LogP contribution in [0.2, 0.25) is 0 Å². The van der Waals surface area contributed by atoms with E-state index >= 15 is 0 Å². The zero-order valence-corrected chi connectivity index (χ0v) is 11.3. The van der Waals surface area contributed by atoms with Gasteiger partial charge in [-0.15, -0.1) is 0 Å². The molecule has 1 aromatic heterocycles. The fourth-order valence-corrected chi connectivity index (χ4v) is 2.08. The SMILES string of the molecule is CCN(CC(N)c1cnn(C)c1)c1ccccc1F. The molecule has 0 fully saturated rings. The summed E-state index contributed by atoms with van der Waals surface area (Å²) in [6.45, 7) is 3.25. The van der Waals surface area contributed by atoms with Gasteiger partial charge in [-0.2, -0.15) is 5.10 Å². The summed E-state index contributed by atoms with van der Waals surface area (Å²) >= 11 is 0. The molecule has 0 amide bonds. The molecule has 0 aliphatic rings. The fourth-order valence-electron chi connectivity index (χ4n) is 2.08. The zero-order valence-electron chi connectivity index (χ0n) is 11.3. The predicted molar refractivity (Wildman–Crippen MR) is 74.4 cm³/mol. The molecule has 1 atom stereocenters. The Bertz CT molecular complexity index is 538. The van der Waals surface area contributed by atoms with Crippen molar-refractivity contribution in [2.45, 2.75) is 13.0 Å². The maximum atomic E-state index is 13.8. The molecular weight excluding hydrogens is 243 g/mol. The second-order valence-corrected chi connectivity index (χ2v) is 4.54. The molecule has 0 saturated carbocycles. The van der Waals surface area contributed by atoms with E-state index in [1.54, 1.807) is 23.0 Å². The normalized spacial score (nSPS) is 12.4. The molecule has 0 radical (unpaired) electrons. The minimum absolute atomic E-state index is 0.187. The van der Waals surface area contributed by atoms with E-state index in [-0.39, 0.29) is 11.9 Å². The van der Waals surface area contributed by atoms with Crippen molar-refractivity contribution in [1.29, 1.82) is 0 Å². The number of likely N-dealkylation sites (N-methyl/N-ethyl adjacent to an activating group) is 1. The van der Waals surface area contributed by atoms with E-state index in [0.29, 0.717) is 18.8 Å². The predicted octanol–water partition coefficient (Wildman–Crippen LogP) is 2.09. The lowest BCUT2D eigenvalue weighted by Gasteiger charge is -2.26. The Morgan fingerprint density at radius 2 is 2.16 bits per heavy atom. The van der Waals surface area contributed by atoms with Crippen molar-refractivity contribution < 1.29 is 4.39 Å². The van der Waals surface area contributed by atoms with Crippen LogP contribution in [0.3, 0.4) is 0 Å². The van der Waals surface area contributed by atoms with Gasteiger partial charge in [0.05, 0.1) is 17.9 Å². The van der Waals surface area contributed by atoms with Crippen LogP contribution in [0.15, 0.2) is 36.7 Å². The van der Waals surface area contributed by atoms with E-state index in [4.69, 9.17) is 5.73 Å². The second kappa shape index (κ2) is 5.84. The van der Waals surface area contributed by atoms with Gasteiger partial charge in [0.15, 0.2) is 0 Å². The number of halogens is 1. The highest BCUT2D eigenvalue weighted by atomic mass is 19.1. The summed E-state index contributed by atoms with van der Waals surface area (Å²) in [5.74, 6) is -0.220. The highest BCUT2D eigenvalue weighted by molar-refractivity contribution is 5.47. The second-order valence-electron chi connectivity index (χ2n) is 4.54. The zero-order chi connectivity index (χ0) is 13.8. The van der Waals surface area contributed by atoms with Crippen molar-refractivity contribution in [2.24, 2.45) is 12.8 Å². The van der Waals surface area contributed by atoms with Gasteiger partial charge in [0.1, 0.15) is 5.82 Å². The van der Waals surface area contributed by atoms with Crippen LogP contribution in [0.1, 0.15) is 18.5 Å². The number of benzene rings is 1. The van der Waals surface area contributed by atoms with Crippen LogP contribution < -0.4 is 10.6 Å². The van der Waals surface area contributed by atoms with Crippen LogP contribution in [0, 0.1) is 5.82 Å². The average molecular weight is 262 g/mol. The van der Waals surface area contributed by atoms with Crippen molar-refractivity contribution in [3.8, 4) is 0 Å². The molecule has 0 aliphatic carbocycles. The van der Waals surface area contributed by atoms with Gasteiger partial charge in [0.2, 0.25) is 0 Å². The molecule has 0 saturated heterocycles. The highest BCUT2D eigenvalue weighted by Crippen LogP contribution is 2.21. The highest BCUT2D eigenvalue weighted by Gasteiger charge is 2.15. The summed E-state index contributed by atoms with van der Waals surface area (Å²) in [4.78, 5) is 1.94. The molecule has 1 unspecified atom stereocenters. The van der Waals surface area contributed by atoms with Crippen molar-refractivity contribution in [1.82, 2.24) is 9.78 Å². The van der Waals surface area contributed by atoms with Gasteiger partial charge in [-0.3, -0.25) is 4.68 Å². The molecule has 2 rings (SSSR count). The van der Waals surface area contributed by atoms with Crippen LogP contribution in [0.5, 0.6) is 0 Å². The Labute approximate surface area is 112 Å². The first kappa shape index (κ1) is 13.5. The number of rotatable bonds is 5. The fraction of sp³-hybridized carbons (Fsp3) is 0.357. The first-order valence-corrected chi connectivity index (χ1v) is 6.35. The van der Waals surface area contributed by atoms with Gasteiger partial charge in [-0.1, -0.05) is 12.1 Å². The Morgan fingerprint density at radius 1 is 1.42 bits per heavy atom. The van der Waals surface area contributed by atoms with E-state index in [0.717, 1.165) is 5.56 Å². The maximum Gasteiger partial charge on any atom is 0.146 e. The summed E-state index contributed by atoms with van der Waals surface area (Å²) in [6.07, 6.45) is 3.64. The summed E-state index contributed by atoms with van der Waals surface area (Å²) in [7, 11) is 1.85. The van der Waals surface area contributed by atoms with E-state index in [1.807, 2.05) is 31.1 Å². The first-order chi connectivity index (χ1) is 9.11. The third kappa shape index (κ3) is 3.12. The number of nitrogens with zero attached hydrogens (tertiary/aromatic N) is 3. The molecule has 2 aromatic rings. The average Bonchev–Trinajstić information content (AvgIpc) is 2.83. The number of anilines is 1. The number of hydrogen-bond donors (Lipinski definition) is 1. The molecule has 0 bridgehead atoms. The largest absolute Gasteiger partial charge is 0.368 e. The monoisotopic (exact) mass is 262 g/mol. The molecule has 1 heterocycles. The van der Waals surface area contributed by atoms with Crippen molar-refractivity contribution in [3.05, 3.63) is 48.0 Å². The maximum absolute atomic E-state index is 13.8. The topological polar surface area (TPSA) is 47.1 Å². The van der Waals surface area contributed by atoms with Crippen molar-refractivity contribution in [2.75, 3.05) is 18.0 Å². The number of para-hydroxylation sites is 1. The Hall–Kier alpha value is -1.88. The molecular formula is C14H19FN4. The third-order valence-electron chi connectivity index (χ3n) is 3.14. The lowest BCUT2D eigenvalue weighted by molar-refractivity contribution is 0.606. The van der Waals surface area contributed by atoms with E-state index in [9.17, 15) is 4.39 Å². The molecule has 5 heteroatoms. The van der Waals surface area contributed by atoms with Crippen molar-refractivity contribution >= 4 is 5.69 Å². The minimum Gasteiger partial charge on any atom is -0.368 e. The van der Waals surface area contributed by atoms with Gasteiger partial charge in [-0.25, -0.2) is 4.39 Å². The molecule has 0 aliphatic heterocycles. The molecule has 19 heavy (non-hydrogen) atoms. The Morgan fingerprint density at radius 3 is 2.74 bits per heavy atom. The van der Waals surface area contributed by atoms with Gasteiger partial charge < -0.3 is 10.6 Å². The summed E-state index contributed by atoms with van der Waals surface area (Å²) < 4.78 is 15.5. The summed E-state index contributed by atoms with van der Waals surface area (Å²) in [5.41, 5.74) is 7.70. The van der Waals surface area contributed by atoms with Crippen LogP contribution in [-0.4, -0.2) is 22.9 Å². The molecule has 0 spiro atoms. The van der Waals surface area contributed by atoms with Gasteiger partial charge >= 0.3 is 0 Å². The first-order valence-electron chi connectivity index (χ1n) is 6.35. The van der Waals surface area contributed by atoms with E-state index in [1.165, 1.54) is 6.07 Å². The van der Waals surface area contributed by atoms with Crippen LogP contribution in [0.25, 0.3) is 0 Å². The van der Waals surface area contributed by atoms with E-state index < -0.39 is 0 Å². The summed E-state index contributed by atoms with van der Waals surface area (Å²) in [6, 6.07) is 6.57. The van der Waals surface area contributed by atoms with Crippen LogP contribution in [-0.2, 0) is 7.05 Å². The lowest BCUT2D eigenvalue weighted by Crippen LogP contribution is -2.32. The number of aryl methyl sites for hydroxylation is 1. The number of hydrogen-bond acceptors (Lipinski definition) is 3. The van der Waals surface area contributed by atoms with Gasteiger partial charge in [0.25, 0.3) is 0 Å². The standard InChI is InChI=1S/C14H19FN4/c1-3-19(14-7-5-4-6-12(14)15)10-13(16)11-8-17-18(2)9-11/h4-9,13H,3,10,16H2,1-2H3. The minimum atomic E-state index is -0.220. The van der Waals surface area contributed by atoms with E-state index in [2.05, 4.69) is 5.10 Å². The number of aromatic nitrogens is 2. The molecule has 102 valence electrons. The van der Waals surface area contributed by atoms with Crippen LogP contribution >= 0.6 is 0 Å². The molecule has 2 N–H and O–H groups in total. The summed E-state index contributed by atoms with van der Waals surface area (Å²) in [5, 5.41) is 4.11. The smallest absolute Gasteiger partial charge is 0.146 e. The Balaban J connectivity index is 2.13. The van der Waals surface area contributed by atoms with Gasteiger partial charge in [0, 0.05) is 31.9 Å². The third-order valence-corrected chi connectivity index (χ3v) is 3.14. The lowest BCUT2D eigenvalue weighted by atomic mass is 10.1. The quantitative estimate of drug-likeness (QED) is 0.897. The number of nitrogens with two attached hydrogens (primary N) is 1. The van der Waals surface area contributed by atoms with Crippen molar-refractivity contribution in [3.63, 3.8) is 0 Å². The van der Waals surface area contributed by atoms with Gasteiger partial charge in [-0.05, 0) is 19.1 Å².